The third kappa shape index (κ3) is 2.68. The predicted octanol–water partition coefficient (Wildman–Crippen LogP) is 4.89. The molecule has 1 aliphatic carbocycles. The van der Waals surface area contributed by atoms with Gasteiger partial charge in [0.25, 0.3) is 0 Å². The summed E-state index contributed by atoms with van der Waals surface area (Å²) in [5.74, 6) is 0. The van der Waals surface area contributed by atoms with Crippen LogP contribution in [0.1, 0.15) is 33.3 Å². The fraction of sp³-hybridized carbons (Fsp3) is 0.500. The second-order valence-corrected chi connectivity index (χ2v) is 10.3. The maximum Gasteiger partial charge on any atom is 0.103 e. The quantitative estimate of drug-likeness (QED) is 0.732. The van der Waals surface area contributed by atoms with Crippen molar-refractivity contribution in [2.45, 2.75) is 39.3 Å². The summed E-state index contributed by atoms with van der Waals surface area (Å²) < 4.78 is 1.16. The molecule has 1 N–H and O–H groups in total. The molecule has 150 valence electrons. The molecular weight excluding hydrogens is 412 g/mol. The maximum atomic E-state index is 11.9. The van der Waals surface area contributed by atoms with Gasteiger partial charge in [-0.25, -0.2) is 0 Å². The highest BCUT2D eigenvalue weighted by Gasteiger charge is 2.73. The van der Waals surface area contributed by atoms with E-state index in [1.165, 1.54) is 5.69 Å². The lowest BCUT2D eigenvalue weighted by atomic mass is 9.39. The molecule has 2 fully saturated rings. The summed E-state index contributed by atoms with van der Waals surface area (Å²) in [7, 11) is 0. The summed E-state index contributed by atoms with van der Waals surface area (Å²) in [6.45, 7) is 13.0. The van der Waals surface area contributed by atoms with Crippen LogP contribution in [0.15, 0.2) is 59.1 Å². The Kier molecular flexibility index (Phi) is 4.88. The van der Waals surface area contributed by atoms with Crippen LogP contribution in [0, 0.1) is 10.8 Å². The molecule has 1 saturated heterocycles. The number of benzene rings is 2. The van der Waals surface area contributed by atoms with E-state index in [4.69, 9.17) is 0 Å². The van der Waals surface area contributed by atoms with Gasteiger partial charge in [-0.3, -0.25) is 4.90 Å². The molecule has 3 nitrogen and oxygen atoms in total. The Hall–Kier alpha value is -1.36. The molecule has 0 amide bonds. The second kappa shape index (κ2) is 6.86. The number of piperazine rings is 1. The highest BCUT2D eigenvalue weighted by molar-refractivity contribution is 9.10. The summed E-state index contributed by atoms with van der Waals surface area (Å²) in [6, 6.07) is 19.0. The van der Waals surface area contributed by atoms with Gasteiger partial charge in [0, 0.05) is 47.5 Å². The summed E-state index contributed by atoms with van der Waals surface area (Å²) in [5, 5.41) is 11.9. The number of aliphatic hydroxyl groups is 1. The van der Waals surface area contributed by atoms with Crippen LogP contribution < -0.4 is 4.90 Å². The average molecular weight is 443 g/mol. The molecule has 2 aromatic carbocycles. The van der Waals surface area contributed by atoms with Crippen LogP contribution in [-0.4, -0.2) is 42.2 Å². The summed E-state index contributed by atoms with van der Waals surface area (Å²) >= 11 is 3.69. The minimum absolute atomic E-state index is 0.215. The molecule has 0 spiro atoms. The minimum Gasteiger partial charge on any atom is -0.384 e. The fourth-order valence-corrected chi connectivity index (χ4v) is 6.85. The number of hydrogen-bond acceptors (Lipinski definition) is 3. The average Bonchev–Trinajstić information content (AvgIpc) is 2.68. The molecule has 1 saturated carbocycles. The van der Waals surface area contributed by atoms with Gasteiger partial charge < -0.3 is 10.0 Å². The zero-order chi connectivity index (χ0) is 20.2. The van der Waals surface area contributed by atoms with Crippen LogP contribution in [0.3, 0.4) is 0 Å². The van der Waals surface area contributed by atoms with Gasteiger partial charge in [-0.15, -0.1) is 0 Å². The number of para-hydroxylation sites is 1. The smallest absolute Gasteiger partial charge is 0.103 e. The maximum absolute atomic E-state index is 11.9. The van der Waals surface area contributed by atoms with Gasteiger partial charge in [-0.2, -0.15) is 0 Å². The van der Waals surface area contributed by atoms with E-state index in [0.717, 1.165) is 36.2 Å². The molecule has 0 bridgehead atoms. The first-order chi connectivity index (χ1) is 13.2. The largest absolute Gasteiger partial charge is 0.384 e. The van der Waals surface area contributed by atoms with E-state index in [-0.39, 0.29) is 10.8 Å². The molecule has 4 rings (SSSR count). The third-order valence-corrected chi connectivity index (χ3v) is 7.97. The molecule has 0 aromatic heterocycles. The first-order valence-electron chi connectivity index (χ1n) is 10.2. The van der Waals surface area contributed by atoms with Crippen molar-refractivity contribution in [3.63, 3.8) is 0 Å². The lowest BCUT2D eigenvalue weighted by molar-refractivity contribution is -0.307. The molecule has 1 heterocycles. The summed E-state index contributed by atoms with van der Waals surface area (Å²) in [4.78, 5) is 5.06. The predicted molar refractivity (Wildman–Crippen MR) is 120 cm³/mol. The summed E-state index contributed by atoms with van der Waals surface area (Å²) in [5.41, 5.74) is 1.05. The van der Waals surface area contributed by atoms with Crippen molar-refractivity contribution in [1.82, 2.24) is 4.90 Å². The van der Waals surface area contributed by atoms with E-state index in [1.807, 2.05) is 18.2 Å². The van der Waals surface area contributed by atoms with Gasteiger partial charge in [0.05, 0.1) is 5.69 Å². The lowest BCUT2D eigenvalue weighted by Crippen LogP contribution is -2.79. The topological polar surface area (TPSA) is 26.7 Å². The van der Waals surface area contributed by atoms with Crippen molar-refractivity contribution >= 4 is 21.6 Å². The van der Waals surface area contributed by atoms with Crippen molar-refractivity contribution in [1.29, 1.82) is 0 Å². The zero-order valence-electron chi connectivity index (χ0n) is 17.3. The molecule has 0 unspecified atom stereocenters. The van der Waals surface area contributed by atoms with Gasteiger partial charge in [-0.05, 0) is 33.6 Å². The molecular formula is C24H31BrN2O. The van der Waals surface area contributed by atoms with Crippen molar-refractivity contribution in [3.05, 3.63) is 64.6 Å². The normalized spacial score (nSPS) is 29.4. The van der Waals surface area contributed by atoms with Crippen LogP contribution in [0.2, 0.25) is 0 Å². The van der Waals surface area contributed by atoms with E-state index in [2.05, 4.69) is 89.8 Å². The van der Waals surface area contributed by atoms with Crippen molar-refractivity contribution < 1.29 is 5.11 Å². The third-order valence-electron chi connectivity index (χ3n) is 7.30. The fourth-order valence-electron chi connectivity index (χ4n) is 6.32. The Labute approximate surface area is 177 Å². The Balaban J connectivity index is 1.54. The van der Waals surface area contributed by atoms with Gasteiger partial charge in [-0.1, -0.05) is 70.2 Å². The number of hydrogen-bond donors (Lipinski definition) is 1. The zero-order valence-corrected chi connectivity index (χ0v) is 18.9. The number of rotatable bonds is 3. The first-order valence-corrected chi connectivity index (χ1v) is 11.0. The van der Waals surface area contributed by atoms with E-state index in [0.29, 0.717) is 6.04 Å². The Morgan fingerprint density at radius 2 is 1.36 bits per heavy atom. The van der Waals surface area contributed by atoms with Gasteiger partial charge >= 0.3 is 0 Å². The van der Waals surface area contributed by atoms with Crippen LogP contribution >= 0.6 is 15.9 Å². The summed E-state index contributed by atoms with van der Waals surface area (Å²) in [6.07, 6.45) is 0. The van der Waals surface area contributed by atoms with Crippen LogP contribution in [-0.2, 0) is 5.60 Å². The minimum atomic E-state index is -0.828. The molecule has 28 heavy (non-hydrogen) atoms. The Morgan fingerprint density at radius 3 is 1.93 bits per heavy atom. The molecule has 2 aromatic rings. The van der Waals surface area contributed by atoms with Crippen molar-refractivity contribution in [2.24, 2.45) is 10.8 Å². The van der Waals surface area contributed by atoms with Crippen LogP contribution in [0.4, 0.5) is 5.69 Å². The van der Waals surface area contributed by atoms with Crippen LogP contribution in [0.5, 0.6) is 0 Å². The number of anilines is 1. The molecule has 1 aliphatic heterocycles. The SMILES string of the molecule is CC1(C)C(N2CCN(c3ccccc3Br)CC2)C(C)(C)C1(O)c1ccccc1. The monoisotopic (exact) mass is 442 g/mol. The van der Waals surface area contributed by atoms with Crippen LogP contribution in [0.25, 0.3) is 0 Å². The van der Waals surface area contributed by atoms with E-state index in [1.54, 1.807) is 0 Å². The molecule has 2 aliphatic rings. The number of halogens is 1. The van der Waals surface area contributed by atoms with E-state index < -0.39 is 5.60 Å². The number of nitrogens with zero attached hydrogens (tertiary/aromatic N) is 2. The van der Waals surface area contributed by atoms with Gasteiger partial charge in [0.2, 0.25) is 0 Å². The van der Waals surface area contributed by atoms with Crippen molar-refractivity contribution in [2.75, 3.05) is 31.1 Å². The Morgan fingerprint density at radius 1 is 0.821 bits per heavy atom. The molecule has 4 heteroatoms. The first kappa shape index (κ1) is 19.9. The van der Waals surface area contributed by atoms with E-state index in [9.17, 15) is 5.11 Å². The highest BCUT2D eigenvalue weighted by atomic mass is 79.9. The second-order valence-electron chi connectivity index (χ2n) is 9.40. The highest BCUT2D eigenvalue weighted by Crippen LogP contribution is 2.68. The van der Waals surface area contributed by atoms with Gasteiger partial charge in [0.1, 0.15) is 5.60 Å². The van der Waals surface area contributed by atoms with E-state index >= 15 is 0 Å². The molecule has 0 radical (unpaired) electrons. The lowest BCUT2D eigenvalue weighted by Gasteiger charge is -2.72. The molecule has 0 atom stereocenters. The van der Waals surface area contributed by atoms with Crippen molar-refractivity contribution in [3.8, 4) is 0 Å². The van der Waals surface area contributed by atoms with Gasteiger partial charge in [0.15, 0.2) is 0 Å². The standard InChI is InChI=1S/C24H31BrN2O/c1-22(2)21(23(3,4)24(22,28)18-10-6-5-7-11-18)27-16-14-26(15-17-27)20-13-9-8-12-19(20)25/h5-13,21,28H,14-17H2,1-4H3. The Bertz CT molecular complexity index is 825.